The molecule has 0 aromatic heterocycles. The van der Waals surface area contributed by atoms with Crippen LogP contribution in [-0.4, -0.2) is 24.1 Å². The fraction of sp³-hybridized carbons (Fsp3) is 0.414. The molecule has 3 aromatic rings. The summed E-state index contributed by atoms with van der Waals surface area (Å²) in [6, 6.07) is 20.9. The summed E-state index contributed by atoms with van der Waals surface area (Å²) in [5, 5.41) is 2.31. The second-order valence-corrected chi connectivity index (χ2v) is 12.6. The molecule has 4 rings (SSSR count). The Hall–Kier alpha value is -2.46. The Morgan fingerprint density at radius 2 is 1.42 bits per heavy atom. The van der Waals surface area contributed by atoms with Crippen LogP contribution in [0.25, 0.3) is 10.8 Å². The molecule has 0 saturated carbocycles. The number of ether oxygens (including phenoxy) is 2. The minimum Gasteiger partial charge on any atom is -0.481 e. The summed E-state index contributed by atoms with van der Waals surface area (Å²) in [4.78, 5) is 14.1. The maximum atomic E-state index is 12.7. The highest BCUT2D eigenvalue weighted by Gasteiger charge is 2.30. The molecule has 0 spiro atoms. The molecule has 1 heterocycles. The van der Waals surface area contributed by atoms with Gasteiger partial charge in [0.2, 0.25) is 0 Å². The monoisotopic (exact) mass is 463 g/mol. The summed E-state index contributed by atoms with van der Waals surface area (Å²) in [5.74, 6) is 2.93. The van der Waals surface area contributed by atoms with E-state index in [0.29, 0.717) is 10.9 Å². The summed E-state index contributed by atoms with van der Waals surface area (Å²) in [6.45, 7) is 10.3. The molecule has 1 saturated heterocycles. The highest BCUT2D eigenvalue weighted by Crippen LogP contribution is 2.35. The fourth-order valence-corrected chi connectivity index (χ4v) is 6.88. The molecule has 0 unspecified atom stereocenters. The van der Waals surface area contributed by atoms with Crippen molar-refractivity contribution in [3.63, 3.8) is 0 Å². The second-order valence-electron chi connectivity index (χ2n) is 10.3. The predicted octanol–water partition coefficient (Wildman–Crippen LogP) is 6.77. The molecule has 3 nitrogen and oxygen atoms in total. The van der Waals surface area contributed by atoms with E-state index in [-0.39, 0.29) is 18.0 Å². The molecular formula is C29H35O3S+. The van der Waals surface area contributed by atoms with Gasteiger partial charge in [-0.05, 0) is 61.4 Å². The lowest BCUT2D eigenvalue weighted by atomic mass is 9.85. The normalized spacial score (nSPS) is 15.1. The lowest BCUT2D eigenvalue weighted by Gasteiger charge is -2.27. The van der Waals surface area contributed by atoms with Crippen molar-refractivity contribution < 1.29 is 14.3 Å². The number of carbonyl (C=O) groups is 1. The number of rotatable bonds is 6. The van der Waals surface area contributed by atoms with Gasteiger partial charge in [-0.3, -0.25) is 0 Å². The van der Waals surface area contributed by atoms with Gasteiger partial charge in [0.1, 0.15) is 22.9 Å². The topological polar surface area (TPSA) is 35.5 Å². The van der Waals surface area contributed by atoms with Crippen LogP contribution in [0.1, 0.15) is 58.6 Å². The van der Waals surface area contributed by atoms with E-state index < -0.39 is 5.60 Å². The van der Waals surface area contributed by atoms with Crippen molar-refractivity contribution in [1.29, 1.82) is 0 Å². The van der Waals surface area contributed by atoms with Crippen molar-refractivity contribution in [3.05, 3.63) is 71.8 Å². The number of hydrogen-bond donors (Lipinski definition) is 0. The van der Waals surface area contributed by atoms with Gasteiger partial charge in [-0.15, -0.1) is 0 Å². The van der Waals surface area contributed by atoms with Crippen LogP contribution in [0.5, 0.6) is 5.75 Å². The van der Waals surface area contributed by atoms with Crippen LogP contribution in [-0.2, 0) is 31.4 Å². The standard InChI is InChI=1S/C29H35O3S/c1-28(2,3)21-12-14-22(15-13-21)29(4,5)32-27(30)20-31-25-16-17-26(33-18-8-9-19-33)24-11-7-6-10-23(24)25/h6-7,10-17H,8-9,18-20H2,1-5H3/q+1. The van der Waals surface area contributed by atoms with Gasteiger partial charge in [-0.2, -0.15) is 0 Å². The molecule has 0 atom stereocenters. The summed E-state index contributed by atoms with van der Waals surface area (Å²) < 4.78 is 11.8. The molecule has 1 aliphatic heterocycles. The molecule has 0 N–H and O–H groups in total. The van der Waals surface area contributed by atoms with Gasteiger partial charge < -0.3 is 9.47 Å². The molecule has 174 valence electrons. The van der Waals surface area contributed by atoms with Crippen molar-refractivity contribution in [3.8, 4) is 5.75 Å². The van der Waals surface area contributed by atoms with Gasteiger partial charge in [-0.1, -0.05) is 63.2 Å². The van der Waals surface area contributed by atoms with Crippen LogP contribution in [0.4, 0.5) is 0 Å². The minimum absolute atomic E-state index is 0.0871. The maximum absolute atomic E-state index is 12.7. The van der Waals surface area contributed by atoms with E-state index in [9.17, 15) is 4.79 Å². The van der Waals surface area contributed by atoms with Crippen LogP contribution in [0.2, 0.25) is 0 Å². The molecule has 3 aromatic carbocycles. The van der Waals surface area contributed by atoms with E-state index in [1.54, 1.807) is 0 Å². The Kier molecular flexibility index (Phi) is 6.76. The first-order valence-electron chi connectivity index (χ1n) is 11.8. The fourth-order valence-electron chi connectivity index (χ4n) is 4.38. The Balaban J connectivity index is 1.45. The average Bonchev–Trinajstić information content (AvgIpc) is 3.31. The molecule has 0 aliphatic carbocycles. The molecule has 0 bridgehead atoms. The number of benzene rings is 3. The highest BCUT2D eigenvalue weighted by molar-refractivity contribution is 7.97. The Bertz CT molecular complexity index is 1120. The zero-order valence-electron chi connectivity index (χ0n) is 20.4. The summed E-state index contributed by atoms with van der Waals surface area (Å²) in [6.07, 6.45) is 2.63. The van der Waals surface area contributed by atoms with E-state index in [0.717, 1.165) is 16.7 Å². The summed E-state index contributed by atoms with van der Waals surface area (Å²) >= 11 is 0. The van der Waals surface area contributed by atoms with Gasteiger partial charge in [-0.25, -0.2) is 4.79 Å². The van der Waals surface area contributed by atoms with E-state index >= 15 is 0 Å². The third-order valence-electron chi connectivity index (χ3n) is 6.35. The number of fused-ring (bicyclic) bond motifs is 1. The quantitative estimate of drug-likeness (QED) is 0.299. The van der Waals surface area contributed by atoms with Crippen molar-refractivity contribution in [2.24, 2.45) is 0 Å². The van der Waals surface area contributed by atoms with Crippen molar-refractivity contribution in [2.45, 2.75) is 63.4 Å². The lowest BCUT2D eigenvalue weighted by Crippen LogP contribution is -2.28. The Morgan fingerprint density at radius 3 is 2.06 bits per heavy atom. The molecule has 4 heteroatoms. The van der Waals surface area contributed by atoms with Crippen LogP contribution in [0.15, 0.2) is 65.6 Å². The summed E-state index contributed by atoms with van der Waals surface area (Å²) in [5.41, 5.74) is 1.58. The first-order valence-corrected chi connectivity index (χ1v) is 13.4. The van der Waals surface area contributed by atoms with Gasteiger partial charge >= 0.3 is 5.97 Å². The van der Waals surface area contributed by atoms with E-state index in [1.165, 1.54) is 40.2 Å². The molecular weight excluding hydrogens is 428 g/mol. The molecule has 1 aliphatic rings. The molecule has 0 amide bonds. The first kappa shape index (κ1) is 23.7. The van der Waals surface area contributed by atoms with Crippen LogP contribution >= 0.6 is 0 Å². The van der Waals surface area contributed by atoms with Gasteiger partial charge in [0.15, 0.2) is 11.5 Å². The van der Waals surface area contributed by atoms with Crippen LogP contribution in [0, 0.1) is 0 Å². The molecule has 0 radical (unpaired) electrons. The van der Waals surface area contributed by atoms with Crippen molar-refractivity contribution in [1.82, 2.24) is 0 Å². The third-order valence-corrected chi connectivity index (χ3v) is 8.89. The number of carbonyl (C=O) groups excluding carboxylic acids is 1. The minimum atomic E-state index is -0.730. The predicted molar refractivity (Wildman–Crippen MR) is 138 cm³/mol. The SMILES string of the molecule is CC(C)(C)c1ccc(C(C)(C)OC(=O)COc2ccc([S+]3CCCC3)c3ccccc23)cc1. The zero-order chi connectivity index (χ0) is 23.6. The van der Waals surface area contributed by atoms with E-state index in [4.69, 9.17) is 9.47 Å². The van der Waals surface area contributed by atoms with Crippen LogP contribution < -0.4 is 4.74 Å². The van der Waals surface area contributed by atoms with E-state index in [2.05, 4.69) is 57.2 Å². The highest BCUT2D eigenvalue weighted by atomic mass is 32.2. The van der Waals surface area contributed by atoms with E-state index in [1.807, 2.05) is 38.1 Å². The lowest BCUT2D eigenvalue weighted by molar-refractivity contribution is -0.159. The summed E-state index contributed by atoms with van der Waals surface area (Å²) in [7, 11) is 0.324. The average molecular weight is 464 g/mol. The maximum Gasteiger partial charge on any atom is 0.345 e. The number of hydrogen-bond acceptors (Lipinski definition) is 3. The second kappa shape index (κ2) is 9.42. The largest absolute Gasteiger partial charge is 0.481 e. The van der Waals surface area contributed by atoms with Crippen molar-refractivity contribution >= 4 is 27.6 Å². The smallest absolute Gasteiger partial charge is 0.345 e. The van der Waals surface area contributed by atoms with Gasteiger partial charge in [0.25, 0.3) is 0 Å². The van der Waals surface area contributed by atoms with Crippen LogP contribution in [0.3, 0.4) is 0 Å². The van der Waals surface area contributed by atoms with Gasteiger partial charge in [0, 0.05) is 21.7 Å². The van der Waals surface area contributed by atoms with Gasteiger partial charge in [0.05, 0.1) is 0 Å². The third kappa shape index (κ3) is 5.38. The Morgan fingerprint density at radius 1 is 0.818 bits per heavy atom. The molecule has 1 fully saturated rings. The molecule has 33 heavy (non-hydrogen) atoms. The first-order chi connectivity index (χ1) is 15.6. The zero-order valence-corrected chi connectivity index (χ0v) is 21.3. The number of esters is 1. The Labute approximate surface area is 200 Å². The van der Waals surface area contributed by atoms with Crippen molar-refractivity contribution in [2.75, 3.05) is 18.1 Å².